The SMILES string of the molecule is CCn1c(SC(C)C(=O)N2CCC(C)CC2)nc2ccc(Br)cc2c1=O. The van der Waals surface area contributed by atoms with Crippen molar-refractivity contribution in [2.45, 2.75) is 50.6 Å². The standard InChI is InChI=1S/C19H24BrN3O2S/c1-4-23-18(25)15-11-14(20)5-6-16(15)21-19(23)26-13(3)17(24)22-9-7-12(2)8-10-22/h5-6,11-13H,4,7-10H2,1-3H3. The lowest BCUT2D eigenvalue weighted by Crippen LogP contribution is -2.42. The summed E-state index contributed by atoms with van der Waals surface area (Å²) in [7, 11) is 0. The van der Waals surface area contributed by atoms with E-state index in [1.165, 1.54) is 11.8 Å². The lowest BCUT2D eigenvalue weighted by atomic mass is 9.99. The molecule has 1 aliphatic rings. The largest absolute Gasteiger partial charge is 0.342 e. The number of hydrogen-bond acceptors (Lipinski definition) is 4. The fourth-order valence-corrected chi connectivity index (χ4v) is 4.65. The third-order valence-electron chi connectivity index (χ3n) is 4.92. The van der Waals surface area contributed by atoms with Gasteiger partial charge in [0, 0.05) is 24.1 Å². The molecule has 2 aromatic rings. The van der Waals surface area contributed by atoms with Crippen molar-refractivity contribution < 1.29 is 4.79 Å². The monoisotopic (exact) mass is 437 g/mol. The minimum Gasteiger partial charge on any atom is -0.342 e. The van der Waals surface area contributed by atoms with E-state index in [9.17, 15) is 9.59 Å². The highest BCUT2D eigenvalue weighted by molar-refractivity contribution is 9.10. The molecule has 1 fully saturated rings. The van der Waals surface area contributed by atoms with Crippen molar-refractivity contribution >= 4 is 44.5 Å². The Kier molecular flexibility index (Phi) is 6.07. The molecular weight excluding hydrogens is 414 g/mol. The van der Waals surface area contributed by atoms with Crippen LogP contribution in [0.3, 0.4) is 0 Å². The van der Waals surface area contributed by atoms with E-state index >= 15 is 0 Å². The summed E-state index contributed by atoms with van der Waals surface area (Å²) in [4.78, 5) is 32.2. The molecule has 0 aliphatic carbocycles. The molecule has 140 valence electrons. The second kappa shape index (κ2) is 8.13. The first-order chi connectivity index (χ1) is 12.4. The molecule has 1 aromatic heterocycles. The molecule has 5 nitrogen and oxygen atoms in total. The van der Waals surface area contributed by atoms with E-state index in [-0.39, 0.29) is 16.7 Å². The van der Waals surface area contributed by atoms with Crippen LogP contribution in [-0.2, 0) is 11.3 Å². The number of halogens is 1. The Labute approximate surface area is 166 Å². The van der Waals surface area contributed by atoms with Crippen LogP contribution >= 0.6 is 27.7 Å². The van der Waals surface area contributed by atoms with E-state index in [0.29, 0.717) is 28.5 Å². The number of benzene rings is 1. The summed E-state index contributed by atoms with van der Waals surface area (Å²) in [5.41, 5.74) is 0.601. The maximum absolute atomic E-state index is 12.8. The fraction of sp³-hybridized carbons (Fsp3) is 0.526. The van der Waals surface area contributed by atoms with Gasteiger partial charge in [-0.05, 0) is 50.8 Å². The van der Waals surface area contributed by atoms with Gasteiger partial charge in [0.15, 0.2) is 5.16 Å². The second-order valence-electron chi connectivity index (χ2n) is 6.87. The van der Waals surface area contributed by atoms with Gasteiger partial charge >= 0.3 is 0 Å². The topological polar surface area (TPSA) is 55.2 Å². The van der Waals surface area contributed by atoms with Gasteiger partial charge in [-0.1, -0.05) is 34.6 Å². The minimum atomic E-state index is -0.263. The van der Waals surface area contributed by atoms with Crippen LogP contribution in [0.25, 0.3) is 10.9 Å². The van der Waals surface area contributed by atoms with E-state index < -0.39 is 0 Å². The Hall–Kier alpha value is -1.34. The number of rotatable bonds is 4. The highest BCUT2D eigenvalue weighted by Crippen LogP contribution is 2.26. The van der Waals surface area contributed by atoms with Gasteiger partial charge in [0.2, 0.25) is 5.91 Å². The molecule has 1 aromatic carbocycles. The van der Waals surface area contributed by atoms with Gasteiger partial charge in [0.25, 0.3) is 5.56 Å². The number of aromatic nitrogens is 2. The molecule has 0 spiro atoms. The summed E-state index contributed by atoms with van der Waals surface area (Å²) in [6.45, 7) is 8.24. The smallest absolute Gasteiger partial charge is 0.262 e. The predicted molar refractivity (Wildman–Crippen MR) is 110 cm³/mol. The fourth-order valence-electron chi connectivity index (χ4n) is 3.24. The normalized spacial score (nSPS) is 16.8. The van der Waals surface area contributed by atoms with Crippen molar-refractivity contribution in [3.8, 4) is 0 Å². The van der Waals surface area contributed by atoms with Crippen LogP contribution in [0.2, 0.25) is 0 Å². The van der Waals surface area contributed by atoms with Gasteiger partial charge in [-0.25, -0.2) is 4.98 Å². The van der Waals surface area contributed by atoms with E-state index in [0.717, 1.165) is 30.4 Å². The maximum atomic E-state index is 12.8. The van der Waals surface area contributed by atoms with Crippen molar-refractivity contribution in [1.29, 1.82) is 0 Å². The van der Waals surface area contributed by atoms with E-state index in [1.807, 2.05) is 30.9 Å². The van der Waals surface area contributed by atoms with Crippen molar-refractivity contribution in [3.63, 3.8) is 0 Å². The number of carbonyl (C=O) groups excluding carboxylic acids is 1. The molecule has 1 atom stereocenters. The second-order valence-corrected chi connectivity index (χ2v) is 9.10. The molecule has 1 unspecified atom stereocenters. The molecule has 2 heterocycles. The first kappa shape index (κ1) is 19.4. The van der Waals surface area contributed by atoms with E-state index in [4.69, 9.17) is 0 Å². The van der Waals surface area contributed by atoms with Crippen LogP contribution in [0.4, 0.5) is 0 Å². The molecule has 0 bridgehead atoms. The van der Waals surface area contributed by atoms with Gasteiger partial charge in [-0.3, -0.25) is 14.2 Å². The van der Waals surface area contributed by atoms with E-state index in [1.54, 1.807) is 10.6 Å². The maximum Gasteiger partial charge on any atom is 0.262 e. The molecule has 1 aliphatic heterocycles. The van der Waals surface area contributed by atoms with Crippen LogP contribution in [-0.4, -0.2) is 38.7 Å². The quantitative estimate of drug-likeness (QED) is 0.537. The van der Waals surface area contributed by atoms with Gasteiger partial charge in [0.05, 0.1) is 16.2 Å². The minimum absolute atomic E-state index is 0.0623. The number of amides is 1. The number of carbonyl (C=O) groups is 1. The van der Waals surface area contributed by atoms with E-state index in [2.05, 4.69) is 27.8 Å². The number of fused-ring (bicyclic) bond motifs is 1. The molecule has 0 radical (unpaired) electrons. The Balaban J connectivity index is 1.86. The third-order valence-corrected chi connectivity index (χ3v) is 6.49. The predicted octanol–water partition coefficient (Wildman–Crippen LogP) is 3.92. The highest BCUT2D eigenvalue weighted by atomic mass is 79.9. The number of piperidine rings is 1. The van der Waals surface area contributed by atoms with Crippen LogP contribution in [0.1, 0.15) is 33.6 Å². The Bertz CT molecular complexity index is 875. The van der Waals surface area contributed by atoms with Crippen LogP contribution in [0.15, 0.2) is 32.6 Å². The van der Waals surface area contributed by atoms with Gasteiger partial charge in [-0.2, -0.15) is 0 Å². The first-order valence-corrected chi connectivity index (χ1v) is 10.7. The number of thioether (sulfide) groups is 1. The molecule has 0 N–H and O–H groups in total. The van der Waals surface area contributed by atoms with Crippen molar-refractivity contribution in [2.24, 2.45) is 5.92 Å². The Morgan fingerprint density at radius 3 is 2.73 bits per heavy atom. The summed E-state index contributed by atoms with van der Waals surface area (Å²) >= 11 is 4.79. The molecule has 0 saturated carbocycles. The zero-order valence-corrected chi connectivity index (χ0v) is 17.8. The lowest BCUT2D eigenvalue weighted by molar-refractivity contribution is -0.131. The molecule has 1 amide bonds. The molecule has 7 heteroatoms. The molecule has 3 rings (SSSR count). The summed E-state index contributed by atoms with van der Waals surface area (Å²) in [5, 5.41) is 0.939. The van der Waals surface area contributed by atoms with Gasteiger partial charge < -0.3 is 4.90 Å². The molecule has 26 heavy (non-hydrogen) atoms. The molecule has 1 saturated heterocycles. The Morgan fingerprint density at radius 2 is 2.08 bits per heavy atom. The number of hydrogen-bond donors (Lipinski definition) is 0. The molecular formula is C19H24BrN3O2S. The summed E-state index contributed by atoms with van der Waals surface area (Å²) in [5.74, 6) is 0.823. The van der Waals surface area contributed by atoms with Gasteiger partial charge in [-0.15, -0.1) is 0 Å². The number of nitrogens with zero attached hydrogens (tertiary/aromatic N) is 3. The van der Waals surface area contributed by atoms with Gasteiger partial charge in [0.1, 0.15) is 0 Å². The summed E-state index contributed by atoms with van der Waals surface area (Å²) in [6, 6.07) is 5.52. The van der Waals surface area contributed by atoms with Crippen LogP contribution in [0, 0.1) is 5.92 Å². The van der Waals surface area contributed by atoms with Crippen LogP contribution in [0.5, 0.6) is 0 Å². The number of likely N-dealkylation sites (tertiary alicyclic amines) is 1. The third kappa shape index (κ3) is 3.98. The first-order valence-electron chi connectivity index (χ1n) is 9.06. The highest BCUT2D eigenvalue weighted by Gasteiger charge is 2.26. The lowest BCUT2D eigenvalue weighted by Gasteiger charge is -2.32. The zero-order valence-electron chi connectivity index (χ0n) is 15.4. The zero-order chi connectivity index (χ0) is 18.8. The summed E-state index contributed by atoms with van der Waals surface area (Å²) < 4.78 is 2.51. The van der Waals surface area contributed by atoms with Crippen molar-refractivity contribution in [3.05, 3.63) is 33.0 Å². The average molecular weight is 438 g/mol. The van der Waals surface area contributed by atoms with Crippen molar-refractivity contribution in [1.82, 2.24) is 14.5 Å². The average Bonchev–Trinajstić information content (AvgIpc) is 2.63. The van der Waals surface area contributed by atoms with Crippen LogP contribution < -0.4 is 5.56 Å². The van der Waals surface area contributed by atoms with Crippen molar-refractivity contribution in [2.75, 3.05) is 13.1 Å². The summed E-state index contributed by atoms with van der Waals surface area (Å²) in [6.07, 6.45) is 2.12. The Morgan fingerprint density at radius 1 is 1.38 bits per heavy atom.